The van der Waals surface area contributed by atoms with Crippen LogP contribution in [0.4, 0.5) is 13.2 Å². The van der Waals surface area contributed by atoms with Gasteiger partial charge in [-0.3, -0.25) is 4.79 Å². The Bertz CT molecular complexity index is 700. The van der Waals surface area contributed by atoms with Gasteiger partial charge in [-0.1, -0.05) is 57.7 Å². The molecule has 0 fully saturated rings. The molecule has 1 unspecified atom stereocenters. The van der Waals surface area contributed by atoms with Gasteiger partial charge in [0.15, 0.2) is 0 Å². The van der Waals surface area contributed by atoms with Crippen molar-refractivity contribution in [3.8, 4) is 0 Å². The molecule has 0 saturated carbocycles. The maximum Gasteiger partial charge on any atom is 0.417 e. The number of allylic oxidation sites excluding steroid dienone is 3. The first-order chi connectivity index (χ1) is 12.1. The molecule has 1 atom stereocenters. The molecule has 0 bridgehead atoms. The molecule has 0 saturated heterocycles. The van der Waals surface area contributed by atoms with Gasteiger partial charge >= 0.3 is 12.1 Å². The van der Waals surface area contributed by atoms with Gasteiger partial charge in [0.05, 0.1) is 11.5 Å². The van der Waals surface area contributed by atoms with Crippen molar-refractivity contribution in [1.29, 1.82) is 0 Å². The zero-order valence-electron chi connectivity index (χ0n) is 15.2. The number of unbranched alkanes of at least 4 members (excludes halogenated alkanes) is 1. The van der Waals surface area contributed by atoms with Gasteiger partial charge in [0.25, 0.3) is 0 Å². The third-order valence-corrected chi connectivity index (χ3v) is 4.15. The highest BCUT2D eigenvalue weighted by Crippen LogP contribution is 2.37. The van der Waals surface area contributed by atoms with Gasteiger partial charge in [-0.2, -0.15) is 13.2 Å². The average Bonchev–Trinajstić information content (AvgIpc) is 2.58. The largest absolute Gasteiger partial charge is 0.481 e. The van der Waals surface area contributed by atoms with Crippen LogP contribution in [0, 0.1) is 5.92 Å². The third-order valence-electron chi connectivity index (χ3n) is 4.15. The summed E-state index contributed by atoms with van der Waals surface area (Å²) < 4.78 is 40.2. The number of carboxylic acids is 1. The second-order valence-electron chi connectivity index (χ2n) is 6.18. The molecule has 0 aliphatic heterocycles. The van der Waals surface area contributed by atoms with E-state index < -0.39 is 23.6 Å². The predicted octanol–water partition coefficient (Wildman–Crippen LogP) is 6.59. The van der Waals surface area contributed by atoms with Gasteiger partial charge in [0, 0.05) is 0 Å². The van der Waals surface area contributed by atoms with E-state index in [1.54, 1.807) is 25.1 Å². The highest BCUT2D eigenvalue weighted by molar-refractivity contribution is 5.77. The summed E-state index contributed by atoms with van der Waals surface area (Å²) in [6.45, 7) is 11.2. The summed E-state index contributed by atoms with van der Waals surface area (Å²) in [5.74, 6) is -1.83. The fraction of sp³-hybridized carbons (Fsp3) is 0.381. The Morgan fingerprint density at radius 3 is 2.38 bits per heavy atom. The van der Waals surface area contributed by atoms with E-state index in [1.165, 1.54) is 6.07 Å². The summed E-state index contributed by atoms with van der Waals surface area (Å²) >= 11 is 0. The van der Waals surface area contributed by atoms with Crippen LogP contribution in [-0.2, 0) is 11.0 Å². The predicted molar refractivity (Wildman–Crippen MR) is 99.6 cm³/mol. The lowest BCUT2D eigenvalue weighted by Crippen LogP contribution is -2.12. The fourth-order valence-electron chi connectivity index (χ4n) is 2.55. The van der Waals surface area contributed by atoms with Crippen molar-refractivity contribution in [3.05, 3.63) is 60.2 Å². The molecule has 0 spiro atoms. The molecule has 2 nitrogen and oxygen atoms in total. The first-order valence-corrected chi connectivity index (χ1v) is 8.58. The SMILES string of the molecule is C=C(CC(/C=C\CCC)C(=O)O)c1ccc(C(=C)CC)c(C(F)(F)F)c1. The number of hydrogen-bond donors (Lipinski definition) is 1. The lowest BCUT2D eigenvalue weighted by atomic mass is 9.90. The number of hydrogen-bond acceptors (Lipinski definition) is 1. The lowest BCUT2D eigenvalue weighted by Gasteiger charge is -2.17. The Morgan fingerprint density at radius 2 is 1.88 bits per heavy atom. The summed E-state index contributed by atoms with van der Waals surface area (Å²) in [6, 6.07) is 3.97. The number of alkyl halides is 3. The van der Waals surface area contributed by atoms with Crippen molar-refractivity contribution in [2.75, 3.05) is 0 Å². The van der Waals surface area contributed by atoms with Crippen molar-refractivity contribution >= 4 is 17.1 Å². The molecule has 0 aliphatic carbocycles. The molecule has 1 rings (SSSR count). The van der Waals surface area contributed by atoms with E-state index in [2.05, 4.69) is 13.2 Å². The maximum absolute atomic E-state index is 13.4. The average molecular weight is 366 g/mol. The first kappa shape index (κ1) is 21.7. The Balaban J connectivity index is 3.16. The number of aliphatic carboxylic acids is 1. The summed E-state index contributed by atoms with van der Waals surface area (Å²) in [5.41, 5.74) is 0.351. The van der Waals surface area contributed by atoms with Crippen molar-refractivity contribution in [2.45, 2.75) is 45.7 Å². The van der Waals surface area contributed by atoms with Crippen LogP contribution >= 0.6 is 0 Å². The molecule has 0 radical (unpaired) electrons. The van der Waals surface area contributed by atoms with Crippen molar-refractivity contribution in [3.63, 3.8) is 0 Å². The van der Waals surface area contributed by atoms with Gasteiger partial charge in [0.1, 0.15) is 0 Å². The summed E-state index contributed by atoms with van der Waals surface area (Å²) in [5, 5.41) is 9.32. The minimum absolute atomic E-state index is 0.0565. The van der Waals surface area contributed by atoms with E-state index in [1.807, 2.05) is 6.92 Å². The monoisotopic (exact) mass is 366 g/mol. The third kappa shape index (κ3) is 5.90. The van der Waals surface area contributed by atoms with Crippen LogP contribution in [0.1, 0.15) is 56.2 Å². The van der Waals surface area contributed by atoms with Crippen LogP contribution in [0.3, 0.4) is 0 Å². The van der Waals surface area contributed by atoms with E-state index in [9.17, 15) is 23.1 Å². The Hall–Kier alpha value is -2.30. The molecule has 0 heterocycles. The summed E-state index contributed by atoms with van der Waals surface area (Å²) in [6.07, 6.45) is 0.949. The number of halogens is 3. The summed E-state index contributed by atoms with van der Waals surface area (Å²) in [4.78, 5) is 11.4. The number of rotatable bonds is 9. The van der Waals surface area contributed by atoms with Crippen LogP contribution in [0.2, 0.25) is 0 Å². The highest BCUT2D eigenvalue weighted by atomic mass is 19.4. The van der Waals surface area contributed by atoms with Crippen LogP contribution in [-0.4, -0.2) is 11.1 Å². The van der Waals surface area contributed by atoms with Gasteiger partial charge in [0.2, 0.25) is 0 Å². The molecule has 1 aromatic rings. The van der Waals surface area contributed by atoms with E-state index in [0.717, 1.165) is 18.9 Å². The highest BCUT2D eigenvalue weighted by Gasteiger charge is 2.34. The number of carboxylic acid groups (broad SMARTS) is 1. The quantitative estimate of drug-likeness (QED) is 0.501. The van der Waals surface area contributed by atoms with E-state index in [-0.39, 0.29) is 12.0 Å². The second-order valence-corrected chi connectivity index (χ2v) is 6.18. The topological polar surface area (TPSA) is 37.3 Å². The molecular formula is C21H25F3O2. The minimum Gasteiger partial charge on any atom is -0.481 e. The summed E-state index contributed by atoms with van der Waals surface area (Å²) in [7, 11) is 0. The van der Waals surface area contributed by atoms with Crippen molar-refractivity contribution < 1.29 is 23.1 Å². The lowest BCUT2D eigenvalue weighted by molar-refractivity contribution is -0.140. The molecule has 0 aliphatic rings. The molecule has 0 aromatic heterocycles. The van der Waals surface area contributed by atoms with Crippen LogP contribution in [0.15, 0.2) is 43.5 Å². The number of benzene rings is 1. The minimum atomic E-state index is -4.52. The maximum atomic E-state index is 13.4. The van der Waals surface area contributed by atoms with Gasteiger partial charge in [-0.15, -0.1) is 0 Å². The Kier molecular flexibility index (Phi) is 7.87. The van der Waals surface area contributed by atoms with Gasteiger partial charge < -0.3 is 5.11 Å². The molecule has 142 valence electrons. The molecule has 0 amide bonds. The Labute approximate surface area is 152 Å². The molecular weight excluding hydrogens is 341 g/mol. The standard InChI is InChI=1S/C21H25F3O2/c1-5-7-8-9-17(20(25)26)12-15(4)16-10-11-18(14(3)6-2)19(13-16)21(22,23)24/h8-11,13,17H,3-7,12H2,1-2H3,(H,25,26)/b9-8-. The first-order valence-electron chi connectivity index (χ1n) is 8.58. The normalized spacial score (nSPS) is 13.0. The van der Waals surface area contributed by atoms with Gasteiger partial charge in [-0.05, 0) is 47.6 Å². The molecule has 1 aromatic carbocycles. The van der Waals surface area contributed by atoms with Crippen molar-refractivity contribution in [1.82, 2.24) is 0 Å². The van der Waals surface area contributed by atoms with Crippen LogP contribution in [0.5, 0.6) is 0 Å². The fourth-order valence-corrected chi connectivity index (χ4v) is 2.55. The second kappa shape index (κ2) is 9.41. The molecule has 5 heteroatoms. The molecule has 1 N–H and O–H groups in total. The smallest absolute Gasteiger partial charge is 0.417 e. The van der Waals surface area contributed by atoms with Crippen LogP contribution in [0.25, 0.3) is 11.1 Å². The van der Waals surface area contributed by atoms with E-state index in [4.69, 9.17) is 0 Å². The van der Waals surface area contributed by atoms with E-state index in [0.29, 0.717) is 23.1 Å². The van der Waals surface area contributed by atoms with Crippen LogP contribution < -0.4 is 0 Å². The number of carbonyl (C=O) groups is 1. The molecule has 26 heavy (non-hydrogen) atoms. The Morgan fingerprint density at radius 1 is 1.23 bits per heavy atom. The van der Waals surface area contributed by atoms with Gasteiger partial charge in [-0.25, -0.2) is 0 Å². The van der Waals surface area contributed by atoms with Crippen molar-refractivity contribution in [2.24, 2.45) is 5.92 Å². The zero-order valence-corrected chi connectivity index (χ0v) is 15.2. The van der Waals surface area contributed by atoms with E-state index >= 15 is 0 Å². The zero-order chi connectivity index (χ0) is 19.9.